The molecule has 0 aromatic carbocycles. The van der Waals surface area contributed by atoms with Gasteiger partial charge in [0.25, 0.3) is 0 Å². The summed E-state index contributed by atoms with van der Waals surface area (Å²) in [7, 11) is 0. The maximum Gasteiger partial charge on any atom is 0.324 e. The van der Waals surface area contributed by atoms with Gasteiger partial charge >= 0.3 is 5.97 Å². The standard InChI is InChI=1S/C10H12N2O2.2ClH/c11-10(9(13)14)4-3-8-7(6-10)2-1-5-12-8;;/h1-2,5H,3-4,6,11H2,(H,13,14);2*1H. The Bertz CT molecular complexity index is 387. The molecule has 0 fully saturated rings. The van der Waals surface area contributed by atoms with Crippen LogP contribution in [0.1, 0.15) is 17.7 Å². The van der Waals surface area contributed by atoms with Crippen LogP contribution >= 0.6 is 24.8 Å². The Morgan fingerprint density at radius 1 is 1.50 bits per heavy atom. The molecule has 1 aliphatic rings. The van der Waals surface area contributed by atoms with E-state index in [1.54, 1.807) is 6.20 Å². The number of halogens is 2. The van der Waals surface area contributed by atoms with E-state index >= 15 is 0 Å². The quantitative estimate of drug-likeness (QED) is 0.799. The van der Waals surface area contributed by atoms with E-state index in [1.165, 1.54) is 0 Å². The smallest absolute Gasteiger partial charge is 0.324 e. The number of aryl methyl sites for hydroxylation is 1. The van der Waals surface area contributed by atoms with Crippen LogP contribution in [-0.4, -0.2) is 21.6 Å². The fraction of sp³-hybridized carbons (Fsp3) is 0.400. The summed E-state index contributed by atoms with van der Waals surface area (Å²) in [5, 5.41) is 8.98. The lowest BCUT2D eigenvalue weighted by atomic mass is 9.81. The number of hydrogen-bond acceptors (Lipinski definition) is 3. The summed E-state index contributed by atoms with van der Waals surface area (Å²) in [6, 6.07) is 3.71. The van der Waals surface area contributed by atoms with Crippen molar-refractivity contribution in [3.63, 3.8) is 0 Å². The number of aromatic nitrogens is 1. The molecule has 1 aromatic rings. The van der Waals surface area contributed by atoms with Crippen molar-refractivity contribution in [2.75, 3.05) is 0 Å². The Kier molecular flexibility index (Phi) is 5.19. The Morgan fingerprint density at radius 3 is 2.81 bits per heavy atom. The molecule has 6 heteroatoms. The number of pyridine rings is 1. The largest absolute Gasteiger partial charge is 0.480 e. The number of aliphatic carboxylic acids is 1. The van der Waals surface area contributed by atoms with Gasteiger partial charge in [-0.15, -0.1) is 24.8 Å². The first kappa shape index (κ1) is 15.2. The predicted molar refractivity (Wildman–Crippen MR) is 65.3 cm³/mol. The van der Waals surface area contributed by atoms with E-state index in [0.29, 0.717) is 19.3 Å². The van der Waals surface area contributed by atoms with E-state index in [1.807, 2.05) is 12.1 Å². The van der Waals surface area contributed by atoms with Gasteiger partial charge in [0.05, 0.1) is 0 Å². The van der Waals surface area contributed by atoms with Crippen LogP contribution in [0.4, 0.5) is 0 Å². The SMILES string of the molecule is Cl.Cl.NC1(C(=O)O)CCc2ncccc2C1. The number of nitrogens with zero attached hydrogens (tertiary/aromatic N) is 1. The summed E-state index contributed by atoms with van der Waals surface area (Å²) < 4.78 is 0. The minimum atomic E-state index is -1.10. The molecule has 1 atom stereocenters. The lowest BCUT2D eigenvalue weighted by Gasteiger charge is -2.29. The summed E-state index contributed by atoms with van der Waals surface area (Å²) in [6.07, 6.45) is 3.22. The second-order valence-corrected chi connectivity index (χ2v) is 3.75. The molecule has 1 aromatic heterocycles. The van der Waals surface area contributed by atoms with Crippen molar-refractivity contribution >= 4 is 30.8 Å². The molecule has 2 rings (SSSR count). The summed E-state index contributed by atoms with van der Waals surface area (Å²) in [5.74, 6) is -0.924. The Hall–Kier alpha value is -0.840. The topological polar surface area (TPSA) is 76.2 Å². The highest BCUT2D eigenvalue weighted by Crippen LogP contribution is 2.25. The normalized spacial score (nSPS) is 22.3. The van der Waals surface area contributed by atoms with Gasteiger partial charge in [0.2, 0.25) is 0 Å². The number of carboxylic acids is 1. The highest BCUT2D eigenvalue weighted by Gasteiger charge is 2.37. The molecule has 1 aliphatic carbocycles. The van der Waals surface area contributed by atoms with Gasteiger partial charge in [0.1, 0.15) is 5.54 Å². The molecule has 0 saturated heterocycles. The Labute approximate surface area is 106 Å². The molecule has 3 N–H and O–H groups in total. The van der Waals surface area contributed by atoms with Crippen molar-refractivity contribution in [1.82, 2.24) is 4.98 Å². The minimum absolute atomic E-state index is 0. The Morgan fingerprint density at radius 2 is 2.19 bits per heavy atom. The van der Waals surface area contributed by atoms with Crippen molar-refractivity contribution in [3.05, 3.63) is 29.6 Å². The van der Waals surface area contributed by atoms with Crippen LogP contribution in [0.2, 0.25) is 0 Å². The van der Waals surface area contributed by atoms with Gasteiger partial charge in [-0.1, -0.05) is 6.07 Å². The molecule has 0 radical (unpaired) electrons. The van der Waals surface area contributed by atoms with Gasteiger partial charge in [-0.3, -0.25) is 9.78 Å². The van der Waals surface area contributed by atoms with Gasteiger partial charge in [-0.25, -0.2) is 0 Å². The molecule has 0 bridgehead atoms. The molecule has 0 aliphatic heterocycles. The lowest BCUT2D eigenvalue weighted by molar-refractivity contribution is -0.143. The second-order valence-electron chi connectivity index (χ2n) is 3.75. The molecular weight excluding hydrogens is 251 g/mol. The van der Waals surface area contributed by atoms with E-state index in [-0.39, 0.29) is 24.8 Å². The van der Waals surface area contributed by atoms with Crippen LogP contribution in [0, 0.1) is 0 Å². The zero-order valence-corrected chi connectivity index (χ0v) is 10.2. The van der Waals surface area contributed by atoms with Gasteiger partial charge < -0.3 is 10.8 Å². The number of hydrogen-bond donors (Lipinski definition) is 2. The zero-order valence-electron chi connectivity index (χ0n) is 8.55. The molecular formula is C10H14Cl2N2O2. The molecule has 0 amide bonds. The highest BCUT2D eigenvalue weighted by molar-refractivity contribution is 5.85. The monoisotopic (exact) mass is 264 g/mol. The highest BCUT2D eigenvalue weighted by atomic mass is 35.5. The average molecular weight is 265 g/mol. The summed E-state index contributed by atoms with van der Waals surface area (Å²) >= 11 is 0. The van der Waals surface area contributed by atoms with Crippen LogP contribution in [0.3, 0.4) is 0 Å². The first-order chi connectivity index (χ1) is 6.62. The van der Waals surface area contributed by atoms with Crippen molar-refractivity contribution < 1.29 is 9.90 Å². The zero-order chi connectivity index (χ0) is 10.2. The molecule has 0 saturated carbocycles. The number of carbonyl (C=O) groups is 1. The number of fused-ring (bicyclic) bond motifs is 1. The van der Waals surface area contributed by atoms with E-state index in [0.717, 1.165) is 11.3 Å². The molecule has 90 valence electrons. The van der Waals surface area contributed by atoms with Gasteiger partial charge in [0, 0.05) is 18.3 Å². The third-order valence-electron chi connectivity index (χ3n) is 2.72. The average Bonchev–Trinajstić information content (AvgIpc) is 2.17. The fourth-order valence-electron chi connectivity index (χ4n) is 1.81. The van der Waals surface area contributed by atoms with Crippen LogP contribution in [0.5, 0.6) is 0 Å². The maximum absolute atomic E-state index is 10.9. The fourth-order valence-corrected chi connectivity index (χ4v) is 1.81. The maximum atomic E-state index is 10.9. The predicted octanol–water partition coefficient (Wildman–Crippen LogP) is 1.20. The van der Waals surface area contributed by atoms with Crippen LogP contribution in [0.15, 0.2) is 18.3 Å². The van der Waals surface area contributed by atoms with E-state index in [4.69, 9.17) is 10.8 Å². The van der Waals surface area contributed by atoms with E-state index in [2.05, 4.69) is 4.98 Å². The summed E-state index contributed by atoms with van der Waals surface area (Å²) in [5.41, 5.74) is 6.63. The lowest BCUT2D eigenvalue weighted by Crippen LogP contribution is -2.52. The Balaban J connectivity index is 0.00000112. The van der Waals surface area contributed by atoms with Crippen molar-refractivity contribution in [3.8, 4) is 0 Å². The molecule has 1 unspecified atom stereocenters. The molecule has 4 nitrogen and oxygen atoms in total. The third kappa shape index (κ3) is 2.64. The minimum Gasteiger partial charge on any atom is -0.480 e. The summed E-state index contributed by atoms with van der Waals surface area (Å²) in [6.45, 7) is 0. The van der Waals surface area contributed by atoms with Gasteiger partial charge in [0.15, 0.2) is 0 Å². The van der Waals surface area contributed by atoms with Crippen molar-refractivity contribution in [1.29, 1.82) is 0 Å². The second kappa shape index (κ2) is 5.48. The third-order valence-corrected chi connectivity index (χ3v) is 2.72. The van der Waals surface area contributed by atoms with Crippen LogP contribution in [0.25, 0.3) is 0 Å². The molecule has 0 spiro atoms. The number of rotatable bonds is 1. The van der Waals surface area contributed by atoms with Crippen LogP contribution in [-0.2, 0) is 17.6 Å². The number of carboxylic acid groups (broad SMARTS) is 1. The number of nitrogens with two attached hydrogens (primary N) is 1. The van der Waals surface area contributed by atoms with Gasteiger partial charge in [-0.2, -0.15) is 0 Å². The summed E-state index contributed by atoms with van der Waals surface area (Å²) in [4.78, 5) is 15.1. The van der Waals surface area contributed by atoms with Crippen LogP contribution < -0.4 is 5.73 Å². The van der Waals surface area contributed by atoms with Crippen molar-refractivity contribution in [2.24, 2.45) is 5.73 Å². The molecule has 1 heterocycles. The van der Waals surface area contributed by atoms with E-state index in [9.17, 15) is 4.79 Å². The van der Waals surface area contributed by atoms with Crippen molar-refractivity contribution in [2.45, 2.75) is 24.8 Å². The van der Waals surface area contributed by atoms with E-state index < -0.39 is 11.5 Å². The first-order valence-corrected chi connectivity index (χ1v) is 4.57. The molecule has 16 heavy (non-hydrogen) atoms. The first-order valence-electron chi connectivity index (χ1n) is 4.57. The van der Waals surface area contributed by atoms with Gasteiger partial charge in [-0.05, 0) is 24.5 Å².